The fraction of sp³-hybridized carbons (Fsp3) is 0.348. The van der Waals surface area contributed by atoms with E-state index in [0.29, 0.717) is 40.6 Å². The van der Waals surface area contributed by atoms with E-state index >= 15 is 0 Å². The number of aromatic nitrogens is 1. The van der Waals surface area contributed by atoms with Crippen LogP contribution in [0.3, 0.4) is 0 Å². The van der Waals surface area contributed by atoms with Crippen LogP contribution in [0, 0.1) is 17.1 Å². The van der Waals surface area contributed by atoms with E-state index in [2.05, 4.69) is 15.5 Å². The van der Waals surface area contributed by atoms with Crippen LogP contribution in [-0.2, 0) is 10.0 Å². The smallest absolute Gasteiger partial charge is 0.387 e. The second-order valence-electron chi connectivity index (χ2n) is 8.39. The number of halogens is 3. The molecule has 0 amide bonds. The van der Waals surface area contributed by atoms with Crippen molar-refractivity contribution in [3.05, 3.63) is 47.8 Å². The van der Waals surface area contributed by atoms with Gasteiger partial charge in [-0.25, -0.2) is 12.8 Å². The van der Waals surface area contributed by atoms with E-state index in [1.807, 2.05) is 4.57 Å². The van der Waals surface area contributed by atoms with Crippen LogP contribution in [0.5, 0.6) is 5.75 Å². The number of hydrogen-bond acceptors (Lipinski definition) is 4. The summed E-state index contributed by atoms with van der Waals surface area (Å²) in [4.78, 5) is 0. The highest BCUT2D eigenvalue weighted by Gasteiger charge is 2.36. The Hall–Kier alpha value is -3.19. The van der Waals surface area contributed by atoms with Crippen molar-refractivity contribution in [3.63, 3.8) is 0 Å². The minimum absolute atomic E-state index is 0.0253. The average molecular weight is 475 g/mol. The molecule has 2 saturated carbocycles. The van der Waals surface area contributed by atoms with E-state index in [1.54, 1.807) is 12.1 Å². The maximum absolute atomic E-state index is 15.0. The fourth-order valence-electron chi connectivity index (χ4n) is 4.25. The van der Waals surface area contributed by atoms with Crippen molar-refractivity contribution >= 4 is 26.6 Å². The SMILES string of the molecule is N#Cc1c(-c2ccc(NS(=O)(=O)C3CC3)c(F)c2)n(C2CCC2)c2cc(OC(F)F)ccc12. The topological polar surface area (TPSA) is 84.1 Å². The maximum atomic E-state index is 15.0. The van der Waals surface area contributed by atoms with Gasteiger partial charge in [-0.3, -0.25) is 4.72 Å². The second kappa shape index (κ2) is 7.99. The highest BCUT2D eigenvalue weighted by atomic mass is 32.2. The van der Waals surface area contributed by atoms with Gasteiger partial charge in [0.25, 0.3) is 0 Å². The highest BCUT2D eigenvalue weighted by Crippen LogP contribution is 2.44. The number of hydrogen-bond donors (Lipinski definition) is 1. The summed E-state index contributed by atoms with van der Waals surface area (Å²) < 4.78 is 73.6. The molecule has 0 spiro atoms. The van der Waals surface area contributed by atoms with Crippen LogP contribution < -0.4 is 9.46 Å². The molecule has 3 aromatic rings. The lowest BCUT2D eigenvalue weighted by Crippen LogP contribution is -2.19. The lowest BCUT2D eigenvalue weighted by atomic mass is 9.92. The van der Waals surface area contributed by atoms with Crippen LogP contribution in [0.1, 0.15) is 43.7 Å². The van der Waals surface area contributed by atoms with Crippen molar-refractivity contribution in [2.45, 2.75) is 50.0 Å². The summed E-state index contributed by atoms with van der Waals surface area (Å²) in [6.45, 7) is -2.98. The zero-order valence-corrected chi connectivity index (χ0v) is 18.2. The molecular weight excluding hydrogens is 455 g/mol. The monoisotopic (exact) mass is 475 g/mol. The number of nitrogens with zero attached hydrogens (tertiary/aromatic N) is 2. The predicted octanol–water partition coefficient (Wildman–Crippen LogP) is 5.55. The average Bonchev–Trinajstić information content (AvgIpc) is 3.53. The molecule has 172 valence electrons. The minimum Gasteiger partial charge on any atom is -0.435 e. The van der Waals surface area contributed by atoms with Gasteiger partial charge in [0.1, 0.15) is 17.6 Å². The van der Waals surface area contributed by atoms with E-state index in [0.717, 1.165) is 19.3 Å². The molecule has 0 saturated heterocycles. The van der Waals surface area contributed by atoms with Gasteiger partial charge in [0.05, 0.1) is 27.7 Å². The van der Waals surface area contributed by atoms with Gasteiger partial charge >= 0.3 is 6.61 Å². The molecule has 33 heavy (non-hydrogen) atoms. The number of nitrogens with one attached hydrogen (secondary N) is 1. The lowest BCUT2D eigenvalue weighted by Gasteiger charge is -2.30. The highest BCUT2D eigenvalue weighted by molar-refractivity contribution is 7.93. The number of ether oxygens (including phenoxy) is 1. The fourth-order valence-corrected chi connectivity index (χ4v) is 5.64. The first-order valence-electron chi connectivity index (χ1n) is 10.6. The molecule has 0 aliphatic heterocycles. The van der Waals surface area contributed by atoms with Crippen LogP contribution in [0.15, 0.2) is 36.4 Å². The molecule has 1 N–H and O–H groups in total. The summed E-state index contributed by atoms with van der Waals surface area (Å²) in [5.74, 6) is -0.782. The Kier molecular flexibility index (Phi) is 5.24. The molecule has 1 aromatic heterocycles. The van der Waals surface area contributed by atoms with E-state index < -0.39 is 27.7 Å². The number of sulfonamides is 1. The number of fused-ring (bicyclic) bond motifs is 1. The van der Waals surface area contributed by atoms with Crippen molar-refractivity contribution in [3.8, 4) is 23.1 Å². The van der Waals surface area contributed by atoms with E-state index in [-0.39, 0.29) is 17.5 Å². The van der Waals surface area contributed by atoms with Crippen molar-refractivity contribution in [2.24, 2.45) is 0 Å². The summed E-state index contributed by atoms with van der Waals surface area (Å²) in [7, 11) is -3.63. The lowest BCUT2D eigenvalue weighted by molar-refractivity contribution is -0.0497. The van der Waals surface area contributed by atoms with Gasteiger partial charge < -0.3 is 9.30 Å². The second-order valence-corrected chi connectivity index (χ2v) is 10.3. The molecule has 10 heteroatoms. The Bertz CT molecular complexity index is 1390. The molecular formula is C23H20F3N3O3S. The molecule has 2 aromatic carbocycles. The van der Waals surface area contributed by atoms with Gasteiger partial charge in [0.15, 0.2) is 0 Å². The number of anilines is 1. The maximum Gasteiger partial charge on any atom is 0.387 e. The van der Waals surface area contributed by atoms with Crippen LogP contribution >= 0.6 is 0 Å². The zero-order chi connectivity index (χ0) is 23.3. The van der Waals surface area contributed by atoms with E-state index in [9.17, 15) is 26.9 Å². The Labute approximate surface area is 188 Å². The van der Waals surface area contributed by atoms with Crippen LogP contribution in [0.25, 0.3) is 22.2 Å². The van der Waals surface area contributed by atoms with Crippen molar-refractivity contribution < 1.29 is 26.3 Å². The van der Waals surface area contributed by atoms with Crippen molar-refractivity contribution in [1.82, 2.24) is 4.57 Å². The number of benzene rings is 2. The van der Waals surface area contributed by atoms with Crippen LogP contribution in [0.4, 0.5) is 18.9 Å². The summed E-state index contributed by atoms with van der Waals surface area (Å²) in [5.41, 5.74) is 1.58. The summed E-state index contributed by atoms with van der Waals surface area (Å²) in [5, 5.41) is 9.99. The zero-order valence-electron chi connectivity index (χ0n) is 17.4. The van der Waals surface area contributed by atoms with Gasteiger partial charge in [0.2, 0.25) is 10.0 Å². The third kappa shape index (κ3) is 3.91. The summed E-state index contributed by atoms with van der Waals surface area (Å²) in [6, 6.07) is 10.7. The number of nitriles is 1. The Morgan fingerprint density at radius 3 is 2.45 bits per heavy atom. The Balaban J connectivity index is 1.64. The Morgan fingerprint density at radius 2 is 1.88 bits per heavy atom. The molecule has 0 atom stereocenters. The van der Waals surface area contributed by atoms with Crippen molar-refractivity contribution in [1.29, 1.82) is 5.26 Å². The molecule has 2 aliphatic carbocycles. The summed E-state index contributed by atoms with van der Waals surface area (Å²) in [6.07, 6.45) is 3.76. The first-order chi connectivity index (χ1) is 15.8. The molecule has 0 radical (unpaired) electrons. The van der Waals surface area contributed by atoms with Gasteiger partial charge in [-0.2, -0.15) is 14.0 Å². The molecule has 2 aliphatic rings. The van der Waals surface area contributed by atoms with Gasteiger partial charge in [-0.15, -0.1) is 0 Å². The molecule has 1 heterocycles. The van der Waals surface area contributed by atoms with Gasteiger partial charge in [-0.1, -0.05) is 6.07 Å². The van der Waals surface area contributed by atoms with Gasteiger partial charge in [-0.05, 0) is 56.4 Å². The standard InChI is InChI=1S/C23H20F3N3O3S/c24-19-10-13(4-9-20(19)28-33(30,31)16-6-7-16)22-18(12-27)17-8-5-15(32-23(25)26)11-21(17)29(22)14-2-1-3-14/h4-5,8-11,14,16,23,28H,1-3,6-7H2. The van der Waals surface area contributed by atoms with E-state index in [4.69, 9.17) is 0 Å². The molecule has 5 rings (SSSR count). The first kappa shape index (κ1) is 21.6. The number of rotatable bonds is 7. The molecule has 0 unspecified atom stereocenters. The van der Waals surface area contributed by atoms with Gasteiger partial charge in [0, 0.05) is 23.1 Å². The van der Waals surface area contributed by atoms with Crippen LogP contribution in [-0.4, -0.2) is 24.8 Å². The third-order valence-electron chi connectivity index (χ3n) is 6.21. The number of alkyl halides is 2. The quantitative estimate of drug-likeness (QED) is 0.486. The van der Waals surface area contributed by atoms with Crippen LogP contribution in [0.2, 0.25) is 0 Å². The normalized spacial score (nSPS) is 16.6. The third-order valence-corrected chi connectivity index (χ3v) is 8.06. The first-order valence-corrected chi connectivity index (χ1v) is 12.2. The molecule has 6 nitrogen and oxygen atoms in total. The molecule has 0 bridgehead atoms. The molecule has 2 fully saturated rings. The summed E-state index contributed by atoms with van der Waals surface area (Å²) >= 11 is 0. The Morgan fingerprint density at radius 1 is 1.12 bits per heavy atom. The van der Waals surface area contributed by atoms with E-state index in [1.165, 1.54) is 24.3 Å². The largest absolute Gasteiger partial charge is 0.435 e. The predicted molar refractivity (Wildman–Crippen MR) is 117 cm³/mol. The minimum atomic E-state index is -3.63. The van der Waals surface area contributed by atoms with Crippen molar-refractivity contribution in [2.75, 3.05) is 4.72 Å².